The van der Waals surface area contributed by atoms with Crippen LogP contribution in [0.5, 0.6) is 0 Å². The first-order valence-corrected chi connectivity index (χ1v) is 7.08. The van der Waals surface area contributed by atoms with Crippen molar-refractivity contribution in [1.29, 1.82) is 0 Å². The molecule has 0 atom stereocenters. The number of pyridine rings is 1. The molecule has 0 fully saturated rings. The number of hydrogen-bond donors (Lipinski definition) is 1. The fourth-order valence-corrected chi connectivity index (χ4v) is 2.77. The van der Waals surface area contributed by atoms with Gasteiger partial charge in [-0.1, -0.05) is 30.3 Å². The summed E-state index contributed by atoms with van der Waals surface area (Å²) in [5, 5.41) is 4.05. The van der Waals surface area contributed by atoms with E-state index in [1.54, 1.807) is 0 Å². The van der Waals surface area contributed by atoms with Gasteiger partial charge in [0.2, 0.25) is 5.91 Å². The Labute approximate surface area is 122 Å². The minimum Gasteiger partial charge on any atom is -0.326 e. The van der Waals surface area contributed by atoms with Crippen LogP contribution in [0, 0.1) is 0 Å². The number of hydrogen-bond acceptors (Lipinski definition) is 2. The third kappa shape index (κ3) is 2.17. The number of para-hydroxylation sites is 1. The van der Waals surface area contributed by atoms with Gasteiger partial charge in [0.1, 0.15) is 0 Å². The second-order valence-electron chi connectivity index (χ2n) is 5.31. The highest BCUT2D eigenvalue weighted by atomic mass is 16.1. The van der Waals surface area contributed by atoms with Crippen LogP contribution in [0.1, 0.15) is 12.0 Å². The summed E-state index contributed by atoms with van der Waals surface area (Å²) in [5.41, 5.74) is 5.17. The molecule has 0 radical (unpaired) electrons. The van der Waals surface area contributed by atoms with Gasteiger partial charge in [-0.3, -0.25) is 4.79 Å². The lowest BCUT2D eigenvalue weighted by Gasteiger charge is -2.17. The van der Waals surface area contributed by atoms with Crippen molar-refractivity contribution in [3.63, 3.8) is 0 Å². The van der Waals surface area contributed by atoms with Gasteiger partial charge < -0.3 is 5.32 Å². The number of carbonyl (C=O) groups excluding carboxylic acids is 1. The number of nitrogens with zero attached hydrogens (tertiary/aromatic N) is 1. The molecule has 3 nitrogen and oxygen atoms in total. The van der Waals surface area contributed by atoms with E-state index >= 15 is 0 Å². The van der Waals surface area contributed by atoms with Crippen LogP contribution >= 0.6 is 0 Å². The van der Waals surface area contributed by atoms with Crippen molar-refractivity contribution in [1.82, 2.24) is 4.98 Å². The van der Waals surface area contributed by atoms with Gasteiger partial charge in [-0.2, -0.15) is 0 Å². The highest BCUT2D eigenvalue weighted by molar-refractivity contribution is 5.94. The molecule has 1 aromatic heterocycles. The Morgan fingerprint density at radius 2 is 1.86 bits per heavy atom. The molecule has 1 aliphatic heterocycles. The summed E-state index contributed by atoms with van der Waals surface area (Å²) in [4.78, 5) is 16.1. The van der Waals surface area contributed by atoms with Crippen molar-refractivity contribution >= 4 is 22.5 Å². The molecule has 3 aromatic rings. The van der Waals surface area contributed by atoms with Gasteiger partial charge in [-0.05, 0) is 36.2 Å². The Kier molecular flexibility index (Phi) is 2.71. The maximum absolute atomic E-state index is 11.4. The Balaban J connectivity index is 1.79. The van der Waals surface area contributed by atoms with Gasteiger partial charge >= 0.3 is 0 Å². The summed E-state index contributed by atoms with van der Waals surface area (Å²) < 4.78 is 0. The van der Waals surface area contributed by atoms with E-state index in [0.29, 0.717) is 6.42 Å². The quantitative estimate of drug-likeness (QED) is 0.733. The highest BCUT2D eigenvalue weighted by Crippen LogP contribution is 2.28. The van der Waals surface area contributed by atoms with Gasteiger partial charge in [0.05, 0.1) is 11.2 Å². The van der Waals surface area contributed by atoms with Crippen molar-refractivity contribution in [2.75, 3.05) is 5.32 Å². The first-order valence-electron chi connectivity index (χ1n) is 7.08. The summed E-state index contributed by atoms with van der Waals surface area (Å²) >= 11 is 0. The van der Waals surface area contributed by atoms with Crippen molar-refractivity contribution in [2.24, 2.45) is 0 Å². The van der Waals surface area contributed by atoms with Crippen LogP contribution in [-0.2, 0) is 11.2 Å². The van der Waals surface area contributed by atoms with E-state index in [-0.39, 0.29) is 5.91 Å². The number of amides is 1. The summed E-state index contributed by atoms with van der Waals surface area (Å²) in [6.07, 6.45) is 1.35. The number of benzene rings is 2. The fraction of sp³-hybridized carbons (Fsp3) is 0.111. The minimum absolute atomic E-state index is 0.0964. The summed E-state index contributed by atoms with van der Waals surface area (Å²) in [5.74, 6) is 0.0964. The Hall–Kier alpha value is -2.68. The third-order valence-corrected chi connectivity index (χ3v) is 3.89. The molecule has 0 unspecified atom stereocenters. The van der Waals surface area contributed by atoms with E-state index in [1.807, 2.05) is 36.4 Å². The standard InChI is InChI=1S/C18H14N2O/c21-18-10-7-14-11-13(6-9-17(14)20-18)16-8-5-12-3-1-2-4-15(12)19-16/h1-6,8-9,11H,7,10H2,(H,20,21). The first kappa shape index (κ1) is 12.1. The zero-order valence-corrected chi connectivity index (χ0v) is 11.5. The van der Waals surface area contributed by atoms with Crippen LogP contribution in [0.15, 0.2) is 54.6 Å². The Morgan fingerprint density at radius 1 is 0.952 bits per heavy atom. The van der Waals surface area contributed by atoms with Crippen LogP contribution < -0.4 is 5.32 Å². The van der Waals surface area contributed by atoms with Crippen LogP contribution in [0.2, 0.25) is 0 Å². The maximum Gasteiger partial charge on any atom is 0.224 e. The number of anilines is 1. The normalized spacial score (nSPS) is 13.8. The summed E-state index contributed by atoms with van der Waals surface area (Å²) in [6.45, 7) is 0. The van der Waals surface area contributed by atoms with Crippen molar-refractivity contribution < 1.29 is 4.79 Å². The highest BCUT2D eigenvalue weighted by Gasteiger charge is 2.15. The number of aromatic nitrogens is 1. The van der Waals surface area contributed by atoms with Gasteiger partial charge in [-0.25, -0.2) is 4.98 Å². The lowest BCUT2D eigenvalue weighted by molar-refractivity contribution is -0.116. The lowest BCUT2D eigenvalue weighted by atomic mass is 9.99. The Bertz CT molecular complexity index is 855. The first-order chi connectivity index (χ1) is 10.3. The van der Waals surface area contributed by atoms with E-state index in [1.165, 1.54) is 5.56 Å². The molecule has 0 aliphatic carbocycles. The van der Waals surface area contributed by atoms with E-state index in [4.69, 9.17) is 4.98 Å². The maximum atomic E-state index is 11.4. The number of carbonyl (C=O) groups is 1. The van der Waals surface area contributed by atoms with E-state index in [2.05, 4.69) is 23.5 Å². The summed E-state index contributed by atoms with van der Waals surface area (Å²) in [6, 6.07) is 18.4. The summed E-state index contributed by atoms with van der Waals surface area (Å²) in [7, 11) is 0. The van der Waals surface area contributed by atoms with Crippen LogP contribution in [0.25, 0.3) is 22.2 Å². The molecule has 1 N–H and O–H groups in total. The molecule has 0 saturated carbocycles. The zero-order valence-electron chi connectivity index (χ0n) is 11.5. The monoisotopic (exact) mass is 274 g/mol. The van der Waals surface area contributed by atoms with E-state index in [9.17, 15) is 4.79 Å². The van der Waals surface area contributed by atoms with Gasteiger partial charge in [0, 0.05) is 23.1 Å². The van der Waals surface area contributed by atoms with Crippen LogP contribution in [0.3, 0.4) is 0 Å². The molecule has 0 spiro atoms. The molecule has 21 heavy (non-hydrogen) atoms. The predicted molar refractivity (Wildman–Crippen MR) is 84.1 cm³/mol. The second-order valence-corrected chi connectivity index (χ2v) is 5.31. The SMILES string of the molecule is O=C1CCc2cc(-c3ccc4ccccc4n3)ccc2N1. The lowest BCUT2D eigenvalue weighted by Crippen LogP contribution is -2.18. The molecule has 1 aliphatic rings. The Morgan fingerprint density at radius 3 is 2.81 bits per heavy atom. The molecule has 3 heteroatoms. The average Bonchev–Trinajstić information content (AvgIpc) is 2.54. The number of fused-ring (bicyclic) bond motifs is 2. The fourth-order valence-electron chi connectivity index (χ4n) is 2.77. The molecular formula is C18H14N2O. The molecular weight excluding hydrogens is 260 g/mol. The molecule has 102 valence electrons. The largest absolute Gasteiger partial charge is 0.326 e. The third-order valence-electron chi connectivity index (χ3n) is 3.89. The van der Waals surface area contributed by atoms with E-state index in [0.717, 1.165) is 34.3 Å². The minimum atomic E-state index is 0.0964. The molecule has 4 rings (SSSR count). The van der Waals surface area contributed by atoms with Crippen molar-refractivity contribution in [2.45, 2.75) is 12.8 Å². The topological polar surface area (TPSA) is 42.0 Å². The number of rotatable bonds is 1. The molecule has 1 amide bonds. The molecule has 0 bridgehead atoms. The number of aryl methyl sites for hydroxylation is 1. The van der Waals surface area contributed by atoms with Gasteiger partial charge in [0.15, 0.2) is 0 Å². The van der Waals surface area contributed by atoms with E-state index < -0.39 is 0 Å². The smallest absolute Gasteiger partial charge is 0.224 e. The van der Waals surface area contributed by atoms with Gasteiger partial charge in [0.25, 0.3) is 0 Å². The molecule has 0 saturated heterocycles. The van der Waals surface area contributed by atoms with Crippen LogP contribution in [0.4, 0.5) is 5.69 Å². The zero-order chi connectivity index (χ0) is 14.2. The molecule has 2 aromatic carbocycles. The van der Waals surface area contributed by atoms with Crippen molar-refractivity contribution in [3.8, 4) is 11.3 Å². The second kappa shape index (κ2) is 4.70. The number of nitrogens with one attached hydrogen (secondary N) is 1. The predicted octanol–water partition coefficient (Wildman–Crippen LogP) is 3.79. The van der Waals surface area contributed by atoms with Crippen LogP contribution in [-0.4, -0.2) is 10.9 Å². The van der Waals surface area contributed by atoms with Crippen molar-refractivity contribution in [3.05, 3.63) is 60.2 Å². The molecule has 2 heterocycles. The average molecular weight is 274 g/mol. The van der Waals surface area contributed by atoms with Gasteiger partial charge in [-0.15, -0.1) is 0 Å².